The number of methoxy groups -OCH3 is 2. The summed E-state index contributed by atoms with van der Waals surface area (Å²) in [6.07, 6.45) is 1.58. The van der Waals surface area contributed by atoms with Gasteiger partial charge in [0.2, 0.25) is 0 Å². The molecular formula is C20H17NO6S. The van der Waals surface area contributed by atoms with Crippen LogP contribution in [0.15, 0.2) is 47.4 Å². The number of hydrogen-bond acceptors (Lipinski definition) is 7. The number of phenolic OH excluding ortho intramolecular Hbond substituents is 1. The van der Waals surface area contributed by atoms with Crippen molar-refractivity contribution in [2.45, 2.75) is 6.54 Å². The van der Waals surface area contributed by atoms with Crippen LogP contribution in [0.2, 0.25) is 0 Å². The van der Waals surface area contributed by atoms with Crippen molar-refractivity contribution in [3.05, 3.63) is 64.1 Å². The predicted molar refractivity (Wildman–Crippen MR) is 104 cm³/mol. The normalized spacial score (nSPS) is 15.2. The average Bonchev–Trinajstić information content (AvgIpc) is 2.96. The Hall–Kier alpha value is -3.26. The molecule has 2 aromatic rings. The molecule has 2 amide bonds. The molecule has 1 saturated heterocycles. The molecule has 0 aliphatic carbocycles. The molecule has 1 aliphatic rings. The Kier molecular flexibility index (Phi) is 5.70. The molecule has 0 saturated carbocycles. The first kappa shape index (κ1) is 19.5. The zero-order valence-electron chi connectivity index (χ0n) is 15.2. The van der Waals surface area contributed by atoms with Gasteiger partial charge in [0.05, 0.1) is 31.2 Å². The van der Waals surface area contributed by atoms with Gasteiger partial charge in [0.1, 0.15) is 0 Å². The van der Waals surface area contributed by atoms with Crippen molar-refractivity contribution in [1.29, 1.82) is 0 Å². The first-order valence-electron chi connectivity index (χ1n) is 8.22. The summed E-state index contributed by atoms with van der Waals surface area (Å²) in [6.45, 7) is 0.0996. The van der Waals surface area contributed by atoms with Crippen molar-refractivity contribution in [2.24, 2.45) is 0 Å². The molecule has 0 radical (unpaired) electrons. The third-order valence-corrected chi connectivity index (χ3v) is 5.00. The van der Waals surface area contributed by atoms with Crippen molar-refractivity contribution in [2.75, 3.05) is 14.2 Å². The van der Waals surface area contributed by atoms with Gasteiger partial charge in [-0.05, 0) is 53.2 Å². The molecular weight excluding hydrogens is 382 g/mol. The van der Waals surface area contributed by atoms with Gasteiger partial charge in [-0.15, -0.1) is 0 Å². The van der Waals surface area contributed by atoms with E-state index in [2.05, 4.69) is 4.74 Å². The van der Waals surface area contributed by atoms with E-state index in [1.165, 1.54) is 20.3 Å². The molecule has 0 bridgehead atoms. The lowest BCUT2D eigenvalue weighted by molar-refractivity contribution is -0.123. The van der Waals surface area contributed by atoms with E-state index in [0.717, 1.165) is 16.7 Å². The molecule has 1 aliphatic heterocycles. The lowest BCUT2D eigenvalue weighted by atomic mass is 10.1. The lowest BCUT2D eigenvalue weighted by Gasteiger charge is -2.12. The Morgan fingerprint density at radius 3 is 2.50 bits per heavy atom. The number of amides is 2. The Morgan fingerprint density at radius 1 is 1.14 bits per heavy atom. The second-order valence-corrected chi connectivity index (χ2v) is 6.88. The SMILES string of the molecule is COC(=O)c1ccc(CN2C(=O)S/C(=C\c3ccc(O)c(OC)c3)C2=O)cc1. The quantitative estimate of drug-likeness (QED) is 0.608. The molecule has 1 N–H and O–H groups in total. The standard InChI is InChI=1S/C20H17NO6S/c1-26-16-9-13(5-8-15(16)22)10-17-18(23)21(20(25)28-17)11-12-3-6-14(7-4-12)19(24)27-2/h3-10,22H,11H2,1-2H3/b17-10-. The summed E-state index contributed by atoms with van der Waals surface area (Å²) in [7, 11) is 2.73. The number of esters is 1. The van der Waals surface area contributed by atoms with E-state index in [0.29, 0.717) is 16.7 Å². The second kappa shape index (κ2) is 8.18. The molecule has 144 valence electrons. The number of aromatic hydroxyl groups is 1. The van der Waals surface area contributed by atoms with Crippen molar-refractivity contribution < 1.29 is 29.0 Å². The summed E-state index contributed by atoms with van der Waals surface area (Å²) in [6, 6.07) is 11.2. The largest absolute Gasteiger partial charge is 0.504 e. The predicted octanol–water partition coefficient (Wildman–Crippen LogP) is 3.42. The topological polar surface area (TPSA) is 93.1 Å². The van der Waals surface area contributed by atoms with E-state index in [1.54, 1.807) is 42.5 Å². The van der Waals surface area contributed by atoms with Gasteiger partial charge in [0.15, 0.2) is 11.5 Å². The zero-order chi connectivity index (χ0) is 20.3. The Morgan fingerprint density at radius 2 is 1.86 bits per heavy atom. The van der Waals surface area contributed by atoms with Crippen molar-refractivity contribution >= 4 is 35.0 Å². The molecule has 3 rings (SSSR count). The molecule has 1 heterocycles. The maximum atomic E-state index is 12.6. The molecule has 28 heavy (non-hydrogen) atoms. The van der Waals surface area contributed by atoms with E-state index in [4.69, 9.17) is 4.74 Å². The molecule has 8 heteroatoms. The maximum Gasteiger partial charge on any atom is 0.337 e. The Balaban J connectivity index is 1.77. The number of hydrogen-bond donors (Lipinski definition) is 1. The van der Waals surface area contributed by atoms with Gasteiger partial charge >= 0.3 is 5.97 Å². The van der Waals surface area contributed by atoms with Crippen LogP contribution in [-0.2, 0) is 16.1 Å². The monoisotopic (exact) mass is 399 g/mol. The highest BCUT2D eigenvalue weighted by molar-refractivity contribution is 8.18. The van der Waals surface area contributed by atoms with Crippen molar-refractivity contribution in [1.82, 2.24) is 4.90 Å². The van der Waals surface area contributed by atoms with Gasteiger partial charge in [-0.2, -0.15) is 0 Å². The van der Waals surface area contributed by atoms with Gasteiger partial charge in [-0.3, -0.25) is 14.5 Å². The van der Waals surface area contributed by atoms with Gasteiger partial charge in [-0.1, -0.05) is 18.2 Å². The maximum absolute atomic E-state index is 12.6. The van der Waals surface area contributed by atoms with Gasteiger partial charge < -0.3 is 14.6 Å². The first-order chi connectivity index (χ1) is 13.4. The fourth-order valence-electron chi connectivity index (χ4n) is 2.62. The smallest absolute Gasteiger partial charge is 0.337 e. The summed E-state index contributed by atoms with van der Waals surface area (Å²) in [5.41, 5.74) is 1.73. The van der Waals surface area contributed by atoms with Crippen LogP contribution in [0.4, 0.5) is 4.79 Å². The van der Waals surface area contributed by atoms with Crippen molar-refractivity contribution in [3.8, 4) is 11.5 Å². The molecule has 0 spiro atoms. The van der Waals surface area contributed by atoms with Crippen LogP contribution in [-0.4, -0.2) is 41.3 Å². The number of carbonyl (C=O) groups excluding carboxylic acids is 3. The summed E-state index contributed by atoms with van der Waals surface area (Å²) < 4.78 is 9.70. The minimum Gasteiger partial charge on any atom is -0.504 e. The number of rotatable bonds is 5. The van der Waals surface area contributed by atoms with Crippen LogP contribution in [0.5, 0.6) is 11.5 Å². The van der Waals surface area contributed by atoms with Crippen LogP contribution >= 0.6 is 11.8 Å². The van der Waals surface area contributed by atoms with Crippen LogP contribution in [0, 0.1) is 0 Å². The summed E-state index contributed by atoms with van der Waals surface area (Å²) in [5.74, 6) is -0.592. The van der Waals surface area contributed by atoms with E-state index < -0.39 is 11.9 Å². The molecule has 0 unspecified atom stereocenters. The van der Waals surface area contributed by atoms with Crippen LogP contribution < -0.4 is 4.74 Å². The number of nitrogens with zero attached hydrogens (tertiary/aromatic N) is 1. The number of carbonyl (C=O) groups is 3. The molecule has 1 fully saturated rings. The third-order valence-electron chi connectivity index (χ3n) is 4.09. The first-order valence-corrected chi connectivity index (χ1v) is 9.04. The molecule has 0 atom stereocenters. The summed E-state index contributed by atoms with van der Waals surface area (Å²) in [4.78, 5) is 37.8. The van der Waals surface area contributed by atoms with E-state index in [-0.39, 0.29) is 28.2 Å². The van der Waals surface area contributed by atoms with E-state index in [1.807, 2.05) is 0 Å². The number of benzene rings is 2. The highest BCUT2D eigenvalue weighted by Gasteiger charge is 2.35. The molecule has 2 aromatic carbocycles. The van der Waals surface area contributed by atoms with Crippen LogP contribution in [0.1, 0.15) is 21.5 Å². The Bertz CT molecular complexity index is 967. The highest BCUT2D eigenvalue weighted by Crippen LogP contribution is 2.35. The van der Waals surface area contributed by atoms with Crippen LogP contribution in [0.25, 0.3) is 6.08 Å². The number of imide groups is 1. The summed E-state index contributed by atoms with van der Waals surface area (Å²) in [5, 5.41) is 9.28. The average molecular weight is 399 g/mol. The minimum atomic E-state index is -0.454. The van der Waals surface area contributed by atoms with Gasteiger partial charge in [0.25, 0.3) is 11.1 Å². The fourth-order valence-corrected chi connectivity index (χ4v) is 3.46. The van der Waals surface area contributed by atoms with Gasteiger partial charge in [0, 0.05) is 0 Å². The zero-order valence-corrected chi connectivity index (χ0v) is 16.0. The third kappa shape index (κ3) is 4.01. The van der Waals surface area contributed by atoms with E-state index >= 15 is 0 Å². The highest BCUT2D eigenvalue weighted by atomic mass is 32.2. The number of thioether (sulfide) groups is 1. The second-order valence-electron chi connectivity index (χ2n) is 5.89. The summed E-state index contributed by atoms with van der Waals surface area (Å²) >= 11 is 0.846. The lowest BCUT2D eigenvalue weighted by Crippen LogP contribution is -2.27. The Labute approximate surface area is 165 Å². The van der Waals surface area contributed by atoms with E-state index in [9.17, 15) is 19.5 Å². The van der Waals surface area contributed by atoms with Crippen molar-refractivity contribution in [3.63, 3.8) is 0 Å². The minimum absolute atomic E-state index is 0.0110. The van der Waals surface area contributed by atoms with Gasteiger partial charge in [-0.25, -0.2) is 4.79 Å². The number of ether oxygens (including phenoxy) is 2. The van der Waals surface area contributed by atoms with Crippen LogP contribution in [0.3, 0.4) is 0 Å². The molecule has 0 aromatic heterocycles. The number of phenols is 1. The fraction of sp³-hybridized carbons (Fsp3) is 0.150. The molecule has 7 nitrogen and oxygen atoms in total.